The molecule has 0 fully saturated rings. The van der Waals surface area contributed by atoms with Crippen molar-refractivity contribution in [1.29, 1.82) is 0 Å². The summed E-state index contributed by atoms with van der Waals surface area (Å²) in [5.74, 6) is 2.11. The maximum Gasteiger partial charge on any atom is 0.0474 e. The maximum absolute atomic E-state index is 4.23. The lowest BCUT2D eigenvalue weighted by molar-refractivity contribution is 0.999. The Kier molecular flexibility index (Phi) is 6.97. The minimum atomic E-state index is -0.843. The molecule has 0 aliphatic heterocycles. The van der Waals surface area contributed by atoms with E-state index in [-0.39, 0.29) is 0 Å². The lowest BCUT2D eigenvalue weighted by atomic mass is 10.6. The van der Waals surface area contributed by atoms with E-state index in [9.17, 15) is 0 Å². The van der Waals surface area contributed by atoms with Crippen LogP contribution in [-0.2, 0) is 0 Å². The van der Waals surface area contributed by atoms with Crippen LogP contribution >= 0.6 is 25.3 Å². The third-order valence-electron chi connectivity index (χ3n) is 2.02. The molecule has 0 rings (SSSR count). The summed E-state index contributed by atoms with van der Waals surface area (Å²) in [4.78, 5) is 0. The van der Waals surface area contributed by atoms with Crippen molar-refractivity contribution in [2.45, 2.75) is 38.0 Å². The molecule has 0 heterocycles. The van der Waals surface area contributed by atoms with E-state index in [1.807, 2.05) is 0 Å². The van der Waals surface area contributed by atoms with Crippen LogP contribution in [0.15, 0.2) is 0 Å². The summed E-state index contributed by atoms with van der Waals surface area (Å²) < 4.78 is 0. The molecule has 0 aromatic rings. The Morgan fingerprint density at radius 1 is 0.909 bits per heavy atom. The van der Waals surface area contributed by atoms with E-state index in [0.717, 1.165) is 11.5 Å². The zero-order valence-electron chi connectivity index (χ0n) is 7.64. The molecule has 0 atom stereocenters. The third-order valence-corrected chi connectivity index (χ3v) is 6.07. The molecule has 0 aromatic carbocycles. The molecule has 0 N–H and O–H groups in total. The van der Waals surface area contributed by atoms with E-state index in [1.54, 1.807) is 0 Å². The quantitative estimate of drug-likeness (QED) is 0.485. The Balaban J connectivity index is 3.43. The van der Waals surface area contributed by atoms with E-state index < -0.39 is 8.07 Å². The minimum absolute atomic E-state index is 0.843. The van der Waals surface area contributed by atoms with Crippen LogP contribution in [0.2, 0.25) is 25.2 Å². The van der Waals surface area contributed by atoms with Gasteiger partial charge in [-0.3, -0.25) is 0 Å². The van der Waals surface area contributed by atoms with Gasteiger partial charge in [0.15, 0.2) is 0 Å². The van der Waals surface area contributed by atoms with E-state index in [2.05, 4.69) is 38.4 Å². The fraction of sp³-hybridized carbons (Fsp3) is 1.00. The van der Waals surface area contributed by atoms with Crippen LogP contribution in [0.1, 0.15) is 12.8 Å². The van der Waals surface area contributed by atoms with Crippen molar-refractivity contribution in [2.75, 3.05) is 11.5 Å². The van der Waals surface area contributed by atoms with Crippen LogP contribution in [0.25, 0.3) is 0 Å². The summed E-state index contributed by atoms with van der Waals surface area (Å²) in [6.07, 6.45) is 2.60. The summed E-state index contributed by atoms with van der Waals surface area (Å²) in [6, 6.07) is 2.87. The Morgan fingerprint density at radius 2 is 1.27 bits per heavy atom. The van der Waals surface area contributed by atoms with Crippen LogP contribution in [0.3, 0.4) is 0 Å². The summed E-state index contributed by atoms with van der Waals surface area (Å²) in [5, 5.41) is 0. The lowest BCUT2D eigenvalue weighted by Gasteiger charge is -2.21. The van der Waals surface area contributed by atoms with Crippen LogP contribution < -0.4 is 0 Å². The average Bonchev–Trinajstić information content (AvgIpc) is 1.97. The topological polar surface area (TPSA) is 0 Å². The second-order valence-electron chi connectivity index (χ2n) is 3.82. The number of rotatable bonds is 6. The van der Waals surface area contributed by atoms with E-state index in [0.29, 0.717) is 0 Å². The molecule has 68 valence electrons. The zero-order chi connectivity index (χ0) is 8.74. The second-order valence-corrected chi connectivity index (χ2v) is 10.0. The molecule has 0 unspecified atom stereocenters. The van der Waals surface area contributed by atoms with E-state index in [4.69, 9.17) is 0 Å². The fourth-order valence-electron chi connectivity index (χ4n) is 1.24. The third kappa shape index (κ3) is 7.28. The van der Waals surface area contributed by atoms with Gasteiger partial charge in [0.1, 0.15) is 0 Å². The maximum atomic E-state index is 4.23. The van der Waals surface area contributed by atoms with E-state index in [1.165, 1.54) is 24.9 Å². The smallest absolute Gasteiger partial charge is 0.0474 e. The van der Waals surface area contributed by atoms with Crippen LogP contribution in [0.5, 0.6) is 0 Å². The SMILES string of the molecule is C[Si](C)(CCCS)CCCS. The fourth-order valence-corrected chi connectivity index (χ4v) is 4.67. The summed E-state index contributed by atoms with van der Waals surface area (Å²) in [6.45, 7) is 4.94. The monoisotopic (exact) mass is 208 g/mol. The molecule has 0 spiro atoms. The molecule has 3 heteroatoms. The Bertz CT molecular complexity index is 84.1. The minimum Gasteiger partial charge on any atom is -0.179 e. The van der Waals surface area contributed by atoms with Gasteiger partial charge in [-0.05, 0) is 24.3 Å². The molecular weight excluding hydrogens is 188 g/mol. The first-order chi connectivity index (χ1) is 5.12. The summed E-state index contributed by atoms with van der Waals surface area (Å²) in [5.41, 5.74) is 0. The predicted molar refractivity (Wildman–Crippen MR) is 64.0 cm³/mol. The molecule has 0 bridgehead atoms. The standard InChI is InChI=1S/C8H20S2Si/c1-11(2,7-3-5-9)8-4-6-10/h9-10H,3-8H2,1-2H3. The molecule has 11 heavy (non-hydrogen) atoms. The van der Waals surface area contributed by atoms with Gasteiger partial charge in [0.05, 0.1) is 0 Å². The molecule has 0 aromatic heterocycles. The van der Waals surface area contributed by atoms with Gasteiger partial charge >= 0.3 is 0 Å². The van der Waals surface area contributed by atoms with Gasteiger partial charge in [0, 0.05) is 8.07 Å². The van der Waals surface area contributed by atoms with Crippen LogP contribution in [-0.4, -0.2) is 19.6 Å². The molecule has 0 nitrogen and oxygen atoms in total. The first-order valence-electron chi connectivity index (χ1n) is 4.34. The molecule has 0 amide bonds. The van der Waals surface area contributed by atoms with Crippen molar-refractivity contribution in [2.24, 2.45) is 0 Å². The van der Waals surface area contributed by atoms with Crippen LogP contribution in [0, 0.1) is 0 Å². The van der Waals surface area contributed by atoms with Gasteiger partial charge in [-0.25, -0.2) is 0 Å². The molecule has 0 aliphatic carbocycles. The highest BCUT2D eigenvalue weighted by atomic mass is 32.1. The highest BCUT2D eigenvalue weighted by Gasteiger charge is 2.18. The highest BCUT2D eigenvalue weighted by Crippen LogP contribution is 2.19. The highest BCUT2D eigenvalue weighted by molar-refractivity contribution is 7.80. The molecule has 0 saturated heterocycles. The second kappa shape index (κ2) is 6.43. The summed E-state index contributed by atoms with van der Waals surface area (Å²) >= 11 is 8.46. The number of thiol groups is 2. The largest absolute Gasteiger partial charge is 0.179 e. The Morgan fingerprint density at radius 3 is 1.55 bits per heavy atom. The molecule has 0 radical (unpaired) electrons. The van der Waals surface area contributed by atoms with Gasteiger partial charge in [-0.15, -0.1) is 0 Å². The molecule has 0 aliphatic rings. The predicted octanol–water partition coefficient (Wildman–Crippen LogP) is 3.33. The number of hydrogen-bond acceptors (Lipinski definition) is 2. The van der Waals surface area contributed by atoms with Crippen molar-refractivity contribution in [1.82, 2.24) is 0 Å². The normalized spacial score (nSPS) is 12.0. The first-order valence-corrected chi connectivity index (χ1v) is 9.02. The van der Waals surface area contributed by atoms with Crippen LogP contribution in [0.4, 0.5) is 0 Å². The van der Waals surface area contributed by atoms with Crippen molar-refractivity contribution in [3.63, 3.8) is 0 Å². The molecular formula is C8H20S2Si. The first kappa shape index (κ1) is 11.9. The Labute approximate surface area is 83.0 Å². The van der Waals surface area contributed by atoms with E-state index >= 15 is 0 Å². The average molecular weight is 208 g/mol. The number of hydrogen-bond donors (Lipinski definition) is 2. The lowest BCUT2D eigenvalue weighted by Crippen LogP contribution is -2.24. The van der Waals surface area contributed by atoms with Gasteiger partial charge in [0.25, 0.3) is 0 Å². The Hall–Kier alpha value is 0.917. The van der Waals surface area contributed by atoms with Crippen molar-refractivity contribution < 1.29 is 0 Å². The van der Waals surface area contributed by atoms with Gasteiger partial charge < -0.3 is 0 Å². The molecule has 0 saturated carbocycles. The van der Waals surface area contributed by atoms with Crippen molar-refractivity contribution >= 4 is 33.3 Å². The van der Waals surface area contributed by atoms with Gasteiger partial charge in [-0.2, -0.15) is 25.3 Å². The summed E-state index contributed by atoms with van der Waals surface area (Å²) in [7, 11) is -0.843. The van der Waals surface area contributed by atoms with Crippen molar-refractivity contribution in [3.8, 4) is 0 Å². The van der Waals surface area contributed by atoms with Gasteiger partial charge in [0.2, 0.25) is 0 Å². The van der Waals surface area contributed by atoms with Gasteiger partial charge in [-0.1, -0.05) is 25.2 Å². The van der Waals surface area contributed by atoms with Crippen molar-refractivity contribution in [3.05, 3.63) is 0 Å². The zero-order valence-corrected chi connectivity index (χ0v) is 10.4.